The molecular formula is C22H27N3O4. The van der Waals surface area contributed by atoms with Crippen LogP contribution in [0.2, 0.25) is 0 Å². The highest BCUT2D eigenvalue weighted by Gasteiger charge is 2.51. The number of hydrogen-bond donors (Lipinski definition) is 1. The molecule has 1 amide bonds. The van der Waals surface area contributed by atoms with Crippen molar-refractivity contribution in [1.29, 1.82) is 0 Å². The number of nitrogens with one attached hydrogen (secondary N) is 1. The van der Waals surface area contributed by atoms with E-state index in [0.717, 1.165) is 11.3 Å². The van der Waals surface area contributed by atoms with Crippen molar-refractivity contribution in [3.63, 3.8) is 0 Å². The molecule has 3 atom stereocenters. The smallest absolute Gasteiger partial charge is 0.254 e. The number of aromatic nitrogens is 2. The molecule has 0 bridgehead atoms. The summed E-state index contributed by atoms with van der Waals surface area (Å²) < 4.78 is 11.8. The van der Waals surface area contributed by atoms with Gasteiger partial charge in [-0.1, -0.05) is 6.92 Å². The number of methoxy groups -OCH3 is 1. The molecule has 1 fully saturated rings. The van der Waals surface area contributed by atoms with Gasteiger partial charge in [0.25, 0.3) is 5.91 Å². The fraction of sp³-hybridized carbons (Fsp3) is 0.455. The summed E-state index contributed by atoms with van der Waals surface area (Å²) in [5.41, 5.74) is 1.97. The fourth-order valence-corrected chi connectivity index (χ4v) is 3.87. The zero-order valence-electron chi connectivity index (χ0n) is 17.6. The zero-order chi connectivity index (χ0) is 21.3. The van der Waals surface area contributed by atoms with Gasteiger partial charge in [0.2, 0.25) is 0 Å². The van der Waals surface area contributed by atoms with Crippen molar-refractivity contribution in [2.24, 2.45) is 5.92 Å². The number of ketones is 1. The van der Waals surface area contributed by atoms with E-state index in [0.29, 0.717) is 17.1 Å². The van der Waals surface area contributed by atoms with Crippen LogP contribution in [0.5, 0.6) is 5.75 Å². The summed E-state index contributed by atoms with van der Waals surface area (Å²) in [4.78, 5) is 33.1. The van der Waals surface area contributed by atoms with Crippen molar-refractivity contribution in [3.05, 3.63) is 47.5 Å². The van der Waals surface area contributed by atoms with E-state index >= 15 is 0 Å². The van der Waals surface area contributed by atoms with Crippen LogP contribution in [-0.4, -0.2) is 40.5 Å². The highest BCUT2D eigenvalue weighted by Crippen LogP contribution is 2.48. The van der Waals surface area contributed by atoms with Crippen molar-refractivity contribution >= 4 is 17.4 Å². The number of ether oxygens (including phenoxy) is 2. The maximum absolute atomic E-state index is 13.2. The number of Topliss-reactive ketones (excluding diaryl/α,β-unsaturated/α-hetero) is 1. The molecule has 1 N–H and O–H groups in total. The first-order valence-corrected chi connectivity index (χ1v) is 9.61. The maximum Gasteiger partial charge on any atom is 0.254 e. The first-order chi connectivity index (χ1) is 13.7. The Morgan fingerprint density at radius 1 is 1.21 bits per heavy atom. The number of nitrogens with zero attached hydrogens (tertiary/aromatic N) is 2. The van der Waals surface area contributed by atoms with Gasteiger partial charge in [-0.2, -0.15) is 0 Å². The molecule has 1 saturated heterocycles. The van der Waals surface area contributed by atoms with Gasteiger partial charge in [0.1, 0.15) is 17.5 Å². The summed E-state index contributed by atoms with van der Waals surface area (Å²) in [5.74, 6) is 0.0775. The van der Waals surface area contributed by atoms with Crippen LogP contribution in [0, 0.1) is 12.8 Å². The molecule has 7 heteroatoms. The Labute approximate surface area is 170 Å². The summed E-state index contributed by atoms with van der Waals surface area (Å²) in [6.45, 7) is 9.36. The average Bonchev–Trinajstić information content (AvgIpc) is 2.91. The number of aryl methyl sites for hydroxylation is 1. The number of carbonyl (C=O) groups excluding carboxylic acids is 2. The van der Waals surface area contributed by atoms with Gasteiger partial charge in [-0.15, -0.1) is 0 Å². The molecule has 0 spiro atoms. The van der Waals surface area contributed by atoms with Crippen LogP contribution in [0.1, 0.15) is 55.4 Å². The monoisotopic (exact) mass is 397 g/mol. The maximum atomic E-state index is 13.2. The van der Waals surface area contributed by atoms with Crippen LogP contribution in [0.15, 0.2) is 30.6 Å². The Morgan fingerprint density at radius 3 is 2.55 bits per heavy atom. The molecule has 29 heavy (non-hydrogen) atoms. The molecule has 1 aliphatic heterocycles. The number of carbonyl (C=O) groups is 2. The van der Waals surface area contributed by atoms with Crippen LogP contribution in [0.25, 0.3) is 0 Å². The quantitative estimate of drug-likeness (QED) is 0.776. The molecule has 0 aliphatic carbocycles. The predicted octanol–water partition coefficient (Wildman–Crippen LogP) is 3.53. The first kappa shape index (κ1) is 20.9. The summed E-state index contributed by atoms with van der Waals surface area (Å²) >= 11 is 0. The van der Waals surface area contributed by atoms with E-state index in [1.54, 1.807) is 25.4 Å². The third-order valence-corrected chi connectivity index (χ3v) is 5.72. The number of anilines is 1. The largest absolute Gasteiger partial charge is 0.495 e. The zero-order valence-corrected chi connectivity index (χ0v) is 17.6. The van der Waals surface area contributed by atoms with E-state index in [1.165, 1.54) is 13.1 Å². The third-order valence-electron chi connectivity index (χ3n) is 5.72. The standard InChI is InChI=1S/C22H27N3O4/c1-12-18(16-8-10-23-13(2)19(16)28-6)20(29-22(12,4)5)21(27)25-15-7-9-24-17(11-15)14(3)26/h7-12,18,20H,1-6H3,(H,24,25,27)/t12-,18-,20+/m1/s1. The Hall–Kier alpha value is -2.80. The van der Waals surface area contributed by atoms with E-state index in [4.69, 9.17) is 9.47 Å². The van der Waals surface area contributed by atoms with Crippen molar-refractivity contribution in [2.45, 2.75) is 52.2 Å². The number of amides is 1. The molecule has 154 valence electrons. The van der Waals surface area contributed by atoms with Gasteiger partial charge in [-0.05, 0) is 44.9 Å². The van der Waals surface area contributed by atoms with Gasteiger partial charge in [-0.25, -0.2) is 0 Å². The van der Waals surface area contributed by atoms with E-state index in [1.807, 2.05) is 26.8 Å². The molecule has 0 unspecified atom stereocenters. The SMILES string of the molecule is COc1c([C@@H]2[C@@H](C(=O)Nc3ccnc(C(C)=O)c3)OC(C)(C)[C@@H]2C)ccnc1C. The van der Waals surface area contributed by atoms with Gasteiger partial charge in [-0.3, -0.25) is 19.6 Å². The molecule has 3 rings (SSSR count). The highest BCUT2D eigenvalue weighted by atomic mass is 16.5. The molecule has 2 aromatic heterocycles. The van der Waals surface area contributed by atoms with E-state index < -0.39 is 11.7 Å². The van der Waals surface area contributed by atoms with Gasteiger partial charge >= 0.3 is 0 Å². The lowest BCUT2D eigenvalue weighted by atomic mass is 9.78. The minimum absolute atomic E-state index is 0.0548. The van der Waals surface area contributed by atoms with Crippen molar-refractivity contribution < 1.29 is 19.1 Å². The second kappa shape index (κ2) is 7.91. The normalized spacial score (nSPS) is 22.9. The molecule has 0 aromatic carbocycles. The number of pyridine rings is 2. The van der Waals surface area contributed by atoms with Crippen LogP contribution in [0.4, 0.5) is 5.69 Å². The van der Waals surface area contributed by atoms with Crippen LogP contribution in [0.3, 0.4) is 0 Å². The topological polar surface area (TPSA) is 90.4 Å². The Morgan fingerprint density at radius 2 is 1.90 bits per heavy atom. The van der Waals surface area contributed by atoms with E-state index in [-0.39, 0.29) is 23.5 Å². The third kappa shape index (κ3) is 4.00. The van der Waals surface area contributed by atoms with Crippen LogP contribution in [-0.2, 0) is 9.53 Å². The summed E-state index contributed by atoms with van der Waals surface area (Å²) in [5, 5.41) is 2.88. The van der Waals surface area contributed by atoms with Crippen LogP contribution >= 0.6 is 0 Å². The summed E-state index contributed by atoms with van der Waals surface area (Å²) in [6.07, 6.45) is 2.51. The predicted molar refractivity (Wildman–Crippen MR) is 109 cm³/mol. The lowest BCUT2D eigenvalue weighted by molar-refractivity contribution is -0.131. The average molecular weight is 397 g/mol. The molecule has 0 saturated carbocycles. The van der Waals surface area contributed by atoms with Crippen molar-refractivity contribution in [1.82, 2.24) is 9.97 Å². The van der Waals surface area contributed by atoms with Crippen molar-refractivity contribution in [3.8, 4) is 5.75 Å². The second-order valence-corrected chi connectivity index (χ2v) is 7.95. The van der Waals surface area contributed by atoms with E-state index in [9.17, 15) is 9.59 Å². The minimum Gasteiger partial charge on any atom is -0.495 e. The van der Waals surface area contributed by atoms with Crippen LogP contribution < -0.4 is 10.1 Å². The lowest BCUT2D eigenvalue weighted by Gasteiger charge is -2.26. The number of hydrogen-bond acceptors (Lipinski definition) is 6. The Bertz CT molecular complexity index is 941. The highest BCUT2D eigenvalue weighted by molar-refractivity contribution is 5.97. The molecule has 2 aromatic rings. The van der Waals surface area contributed by atoms with Crippen molar-refractivity contribution in [2.75, 3.05) is 12.4 Å². The second-order valence-electron chi connectivity index (χ2n) is 7.95. The fourth-order valence-electron chi connectivity index (χ4n) is 3.87. The first-order valence-electron chi connectivity index (χ1n) is 9.61. The van der Waals surface area contributed by atoms with Gasteiger partial charge in [0.05, 0.1) is 18.4 Å². The van der Waals surface area contributed by atoms with Gasteiger partial charge < -0.3 is 14.8 Å². The van der Waals surface area contributed by atoms with E-state index in [2.05, 4.69) is 22.2 Å². The molecule has 0 radical (unpaired) electrons. The summed E-state index contributed by atoms with van der Waals surface area (Å²) in [7, 11) is 1.61. The number of rotatable bonds is 5. The minimum atomic E-state index is -0.718. The Balaban J connectivity index is 1.96. The Kier molecular flexibility index (Phi) is 5.71. The lowest BCUT2D eigenvalue weighted by Crippen LogP contribution is -2.33. The molecule has 7 nitrogen and oxygen atoms in total. The van der Waals surface area contributed by atoms with Gasteiger partial charge in [0, 0.05) is 36.5 Å². The molecule has 1 aliphatic rings. The summed E-state index contributed by atoms with van der Waals surface area (Å²) in [6, 6.07) is 5.11. The molecule has 3 heterocycles. The van der Waals surface area contributed by atoms with Gasteiger partial charge in [0.15, 0.2) is 5.78 Å². The molecular weight excluding hydrogens is 370 g/mol.